The highest BCUT2D eigenvalue weighted by atomic mass is 16.2. The number of carbonyl (C=O) groups is 1. The van der Waals surface area contributed by atoms with Crippen molar-refractivity contribution >= 4 is 11.5 Å². The zero-order chi connectivity index (χ0) is 19.2. The predicted molar refractivity (Wildman–Crippen MR) is 114 cm³/mol. The van der Waals surface area contributed by atoms with Gasteiger partial charge >= 0.3 is 0 Å². The smallest absolute Gasteiger partial charge is 0.225 e. The number of carbonyl (C=O) groups excluding carboxylic acids is 1. The Morgan fingerprint density at radius 1 is 1.11 bits per heavy atom. The maximum absolute atomic E-state index is 12.5. The normalized spacial score (nSPS) is 23.8. The maximum Gasteiger partial charge on any atom is 0.225 e. The molecule has 2 heterocycles. The van der Waals surface area contributed by atoms with E-state index in [-0.39, 0.29) is 5.92 Å². The van der Waals surface area contributed by atoms with E-state index in [2.05, 4.69) is 47.1 Å². The Hall–Kier alpha value is -1.61. The Balaban J connectivity index is 1.62. The van der Waals surface area contributed by atoms with Crippen LogP contribution in [-0.2, 0) is 11.2 Å². The molecule has 1 unspecified atom stereocenters. The first-order chi connectivity index (χ1) is 13.0. The molecule has 3 rings (SSSR count). The van der Waals surface area contributed by atoms with Crippen molar-refractivity contribution in [2.75, 3.05) is 32.7 Å². The summed E-state index contributed by atoms with van der Waals surface area (Å²) in [5.41, 5.74) is 4.15. The highest BCUT2D eigenvalue weighted by molar-refractivity contribution is 5.78. The minimum atomic E-state index is 0.0824. The maximum atomic E-state index is 12.5. The van der Waals surface area contributed by atoms with Crippen LogP contribution in [0.2, 0.25) is 0 Å². The number of benzene rings is 1. The van der Waals surface area contributed by atoms with E-state index in [1.165, 1.54) is 49.2 Å². The lowest BCUT2D eigenvalue weighted by Crippen LogP contribution is -2.38. The minimum Gasteiger partial charge on any atom is -0.342 e. The largest absolute Gasteiger partial charge is 0.342 e. The third-order valence-electron chi connectivity index (χ3n) is 6.00. The summed E-state index contributed by atoms with van der Waals surface area (Å²) in [6, 6.07) is 9.16. The van der Waals surface area contributed by atoms with Gasteiger partial charge in [0.05, 0.1) is 0 Å². The van der Waals surface area contributed by atoms with E-state index >= 15 is 0 Å². The van der Waals surface area contributed by atoms with Crippen molar-refractivity contribution in [1.29, 1.82) is 0 Å². The minimum absolute atomic E-state index is 0.0824. The van der Waals surface area contributed by atoms with E-state index < -0.39 is 0 Å². The SMILES string of the molecule is CC1C/C=C(/c2ccc(CCN3CCCC3)cc2)CCN(C(=O)C(C)C)C1. The molecule has 3 nitrogen and oxygen atoms in total. The van der Waals surface area contributed by atoms with Gasteiger partial charge in [0.15, 0.2) is 0 Å². The summed E-state index contributed by atoms with van der Waals surface area (Å²) in [7, 11) is 0. The van der Waals surface area contributed by atoms with Crippen molar-refractivity contribution in [2.24, 2.45) is 11.8 Å². The summed E-state index contributed by atoms with van der Waals surface area (Å²) >= 11 is 0. The number of amides is 1. The van der Waals surface area contributed by atoms with Crippen LogP contribution in [0.4, 0.5) is 0 Å². The highest BCUT2D eigenvalue weighted by Gasteiger charge is 2.21. The second-order valence-corrected chi connectivity index (χ2v) is 8.75. The molecule has 0 aromatic heterocycles. The van der Waals surface area contributed by atoms with Gasteiger partial charge in [-0.25, -0.2) is 0 Å². The molecule has 2 aliphatic heterocycles. The zero-order valence-electron chi connectivity index (χ0n) is 17.4. The van der Waals surface area contributed by atoms with Gasteiger partial charge in [-0.2, -0.15) is 0 Å². The van der Waals surface area contributed by atoms with Gasteiger partial charge in [-0.15, -0.1) is 0 Å². The van der Waals surface area contributed by atoms with Crippen molar-refractivity contribution in [3.8, 4) is 0 Å². The Labute approximate surface area is 165 Å². The lowest BCUT2D eigenvalue weighted by molar-refractivity contribution is -0.135. The van der Waals surface area contributed by atoms with Crippen molar-refractivity contribution in [1.82, 2.24) is 9.80 Å². The molecule has 1 amide bonds. The quantitative estimate of drug-likeness (QED) is 0.757. The van der Waals surface area contributed by atoms with Crippen LogP contribution in [0, 0.1) is 11.8 Å². The van der Waals surface area contributed by atoms with Crippen molar-refractivity contribution in [3.05, 3.63) is 41.5 Å². The third-order valence-corrected chi connectivity index (χ3v) is 6.00. The van der Waals surface area contributed by atoms with Crippen LogP contribution in [0.1, 0.15) is 57.6 Å². The first-order valence-electron chi connectivity index (χ1n) is 10.8. The summed E-state index contributed by atoms with van der Waals surface area (Å²) in [6.07, 6.45) is 8.28. The van der Waals surface area contributed by atoms with E-state index in [0.29, 0.717) is 11.8 Å². The summed E-state index contributed by atoms with van der Waals surface area (Å²) in [6.45, 7) is 11.7. The number of likely N-dealkylation sites (tertiary alicyclic amines) is 1. The summed E-state index contributed by atoms with van der Waals surface area (Å²) in [5, 5.41) is 0. The standard InChI is InChI=1S/C24H36N2O/c1-19(2)24(27)26-17-13-23(9-6-20(3)18-26)22-10-7-21(8-11-22)12-16-25-14-4-5-15-25/h7-11,19-20H,4-6,12-18H2,1-3H3/b23-9+. The van der Waals surface area contributed by atoms with E-state index in [4.69, 9.17) is 0 Å². The van der Waals surface area contributed by atoms with Gasteiger partial charge in [-0.05, 0) is 67.8 Å². The van der Waals surface area contributed by atoms with Crippen molar-refractivity contribution in [3.63, 3.8) is 0 Å². The summed E-state index contributed by atoms with van der Waals surface area (Å²) in [5.74, 6) is 0.891. The van der Waals surface area contributed by atoms with Crippen LogP contribution in [0.25, 0.3) is 5.57 Å². The van der Waals surface area contributed by atoms with E-state index in [9.17, 15) is 4.79 Å². The summed E-state index contributed by atoms with van der Waals surface area (Å²) < 4.78 is 0. The van der Waals surface area contributed by atoms with Crippen LogP contribution in [0.15, 0.2) is 30.3 Å². The monoisotopic (exact) mass is 368 g/mol. The fourth-order valence-electron chi connectivity index (χ4n) is 4.25. The molecule has 0 N–H and O–H groups in total. The Bertz CT molecular complexity index is 641. The summed E-state index contributed by atoms with van der Waals surface area (Å²) in [4.78, 5) is 17.1. The molecule has 3 heteroatoms. The van der Waals surface area contributed by atoms with Gasteiger partial charge in [0.1, 0.15) is 0 Å². The van der Waals surface area contributed by atoms with Crippen LogP contribution < -0.4 is 0 Å². The van der Waals surface area contributed by atoms with Crippen LogP contribution in [0.3, 0.4) is 0 Å². The second-order valence-electron chi connectivity index (χ2n) is 8.75. The van der Waals surface area contributed by atoms with Gasteiger partial charge in [-0.1, -0.05) is 51.1 Å². The molecule has 1 aromatic carbocycles. The number of allylic oxidation sites excluding steroid dienone is 1. The van der Waals surface area contributed by atoms with Gasteiger partial charge in [0.2, 0.25) is 5.91 Å². The number of hydrogen-bond acceptors (Lipinski definition) is 2. The molecule has 27 heavy (non-hydrogen) atoms. The van der Waals surface area contributed by atoms with Gasteiger partial charge in [0.25, 0.3) is 0 Å². The molecule has 1 saturated heterocycles. The van der Waals surface area contributed by atoms with Gasteiger partial charge in [0, 0.05) is 25.6 Å². The Morgan fingerprint density at radius 3 is 2.48 bits per heavy atom. The van der Waals surface area contributed by atoms with Crippen molar-refractivity contribution < 1.29 is 4.79 Å². The highest BCUT2D eigenvalue weighted by Crippen LogP contribution is 2.25. The lowest BCUT2D eigenvalue weighted by Gasteiger charge is -2.30. The first-order valence-corrected chi connectivity index (χ1v) is 10.8. The van der Waals surface area contributed by atoms with Gasteiger partial charge in [-0.3, -0.25) is 4.79 Å². The molecule has 2 aliphatic rings. The molecular formula is C24H36N2O. The molecule has 1 aromatic rings. The molecule has 0 saturated carbocycles. The Morgan fingerprint density at radius 2 is 1.81 bits per heavy atom. The Kier molecular flexibility index (Phi) is 7.12. The second kappa shape index (κ2) is 9.54. The lowest BCUT2D eigenvalue weighted by atomic mass is 9.94. The van der Waals surface area contributed by atoms with E-state index in [0.717, 1.165) is 32.4 Å². The molecule has 0 radical (unpaired) electrons. The van der Waals surface area contributed by atoms with Crippen LogP contribution >= 0.6 is 0 Å². The fraction of sp³-hybridized carbons (Fsp3) is 0.625. The number of nitrogens with zero attached hydrogens (tertiary/aromatic N) is 2. The first kappa shape index (κ1) is 20.1. The van der Waals surface area contributed by atoms with Crippen LogP contribution in [0.5, 0.6) is 0 Å². The fourth-order valence-corrected chi connectivity index (χ4v) is 4.25. The van der Waals surface area contributed by atoms with Crippen LogP contribution in [-0.4, -0.2) is 48.4 Å². The number of rotatable bonds is 5. The molecule has 0 bridgehead atoms. The topological polar surface area (TPSA) is 23.6 Å². The molecule has 1 atom stereocenters. The van der Waals surface area contributed by atoms with Gasteiger partial charge < -0.3 is 9.80 Å². The predicted octanol–water partition coefficient (Wildman–Crippen LogP) is 4.62. The zero-order valence-corrected chi connectivity index (χ0v) is 17.4. The van der Waals surface area contributed by atoms with E-state index in [1.807, 2.05) is 13.8 Å². The number of hydrogen-bond donors (Lipinski definition) is 0. The molecule has 1 fully saturated rings. The third kappa shape index (κ3) is 5.68. The molecule has 0 spiro atoms. The average Bonchev–Trinajstić information content (AvgIpc) is 3.17. The molecule has 0 aliphatic carbocycles. The molecule has 148 valence electrons. The van der Waals surface area contributed by atoms with Crippen molar-refractivity contribution in [2.45, 2.75) is 52.9 Å². The molecular weight excluding hydrogens is 332 g/mol. The average molecular weight is 369 g/mol. The van der Waals surface area contributed by atoms with E-state index in [1.54, 1.807) is 0 Å².